The highest BCUT2D eigenvalue weighted by Crippen LogP contribution is 2.33. The van der Waals surface area contributed by atoms with Crippen LogP contribution in [0.1, 0.15) is 35.9 Å². The molecule has 1 aliphatic rings. The van der Waals surface area contributed by atoms with Gasteiger partial charge in [0.25, 0.3) is 5.56 Å². The molecule has 2 aromatic rings. The van der Waals surface area contributed by atoms with Crippen molar-refractivity contribution in [1.82, 2.24) is 14.1 Å². The predicted octanol–water partition coefficient (Wildman–Crippen LogP) is 1.71. The van der Waals surface area contributed by atoms with Crippen molar-refractivity contribution >= 4 is 28.5 Å². The van der Waals surface area contributed by atoms with E-state index in [9.17, 15) is 14.4 Å². The fraction of sp³-hybridized carbons (Fsp3) is 0.444. The average Bonchev–Trinajstić information content (AvgIpc) is 3.02. The quantitative estimate of drug-likeness (QED) is 0.826. The maximum atomic E-state index is 12.2. The largest absolute Gasteiger partial charge is 0.330 e. The number of aryl methyl sites for hydroxylation is 2. The lowest BCUT2D eigenvalue weighted by Gasteiger charge is -2.18. The molecule has 7 nitrogen and oxygen atoms in total. The molecule has 0 bridgehead atoms. The number of carbonyl (C=O) groups is 1. The molecule has 138 valence electrons. The van der Waals surface area contributed by atoms with Crippen molar-refractivity contribution in [2.24, 2.45) is 20.0 Å². The Morgan fingerprint density at radius 3 is 2.92 bits per heavy atom. The fourth-order valence-corrected chi connectivity index (χ4v) is 4.23. The Bertz CT molecular complexity index is 983. The third-order valence-electron chi connectivity index (χ3n) is 4.74. The Hall–Kier alpha value is -2.48. The van der Waals surface area contributed by atoms with E-state index < -0.39 is 11.2 Å². The number of fused-ring (bicyclic) bond motifs is 1. The molecular formula is C18H22N4O3S. The van der Waals surface area contributed by atoms with Gasteiger partial charge in [0.05, 0.1) is 11.3 Å². The number of nitrogens with one attached hydrogen (secondary N) is 1. The van der Waals surface area contributed by atoms with E-state index in [2.05, 4.69) is 17.2 Å². The van der Waals surface area contributed by atoms with Gasteiger partial charge >= 0.3 is 5.69 Å². The zero-order valence-electron chi connectivity index (χ0n) is 15.1. The first-order valence-electron chi connectivity index (χ1n) is 8.63. The summed E-state index contributed by atoms with van der Waals surface area (Å²) in [5, 5.41) is 3.36. The summed E-state index contributed by atoms with van der Waals surface area (Å²) < 4.78 is 2.31. The number of amides is 1. The van der Waals surface area contributed by atoms with Gasteiger partial charge < -0.3 is 4.57 Å². The molecule has 2 heterocycles. The lowest BCUT2D eigenvalue weighted by molar-refractivity contribution is -0.111. The van der Waals surface area contributed by atoms with Crippen LogP contribution in [0.4, 0.5) is 5.13 Å². The Morgan fingerprint density at radius 2 is 2.19 bits per heavy atom. The van der Waals surface area contributed by atoms with Crippen LogP contribution in [0.15, 0.2) is 21.9 Å². The van der Waals surface area contributed by atoms with Crippen LogP contribution < -0.4 is 16.6 Å². The summed E-state index contributed by atoms with van der Waals surface area (Å²) in [7, 11) is 2.97. The molecule has 0 saturated carbocycles. The molecule has 0 fully saturated rings. The summed E-state index contributed by atoms with van der Waals surface area (Å²) in [6.45, 7) is 2.20. The van der Waals surface area contributed by atoms with E-state index in [0.717, 1.165) is 35.9 Å². The van der Waals surface area contributed by atoms with Crippen LogP contribution in [0.25, 0.3) is 6.08 Å². The molecule has 8 heteroatoms. The summed E-state index contributed by atoms with van der Waals surface area (Å²) in [4.78, 5) is 41.7. The molecule has 0 aromatic carbocycles. The average molecular weight is 374 g/mol. The number of hydrogen-bond acceptors (Lipinski definition) is 5. The molecule has 1 amide bonds. The highest BCUT2D eigenvalue weighted by Gasteiger charge is 2.21. The highest BCUT2D eigenvalue weighted by molar-refractivity contribution is 7.15. The van der Waals surface area contributed by atoms with Crippen molar-refractivity contribution in [1.29, 1.82) is 0 Å². The summed E-state index contributed by atoms with van der Waals surface area (Å²) >= 11 is 1.53. The van der Waals surface area contributed by atoms with E-state index in [1.807, 2.05) is 0 Å². The molecule has 0 aliphatic heterocycles. The van der Waals surface area contributed by atoms with Gasteiger partial charge in [-0.25, -0.2) is 9.78 Å². The molecule has 3 rings (SSSR count). The topological polar surface area (TPSA) is 86.0 Å². The maximum absolute atomic E-state index is 12.2. The highest BCUT2D eigenvalue weighted by atomic mass is 32.1. The first kappa shape index (κ1) is 18.3. The van der Waals surface area contributed by atoms with Crippen LogP contribution in [0.5, 0.6) is 0 Å². The van der Waals surface area contributed by atoms with Gasteiger partial charge in [-0.1, -0.05) is 13.3 Å². The van der Waals surface area contributed by atoms with E-state index in [1.165, 1.54) is 46.2 Å². The number of nitrogens with zero attached hydrogens (tertiary/aromatic N) is 3. The molecule has 26 heavy (non-hydrogen) atoms. The predicted molar refractivity (Wildman–Crippen MR) is 103 cm³/mol. The van der Waals surface area contributed by atoms with Gasteiger partial charge in [0, 0.05) is 31.2 Å². The summed E-state index contributed by atoms with van der Waals surface area (Å²) in [6.07, 6.45) is 8.43. The number of aromatic nitrogens is 3. The fourth-order valence-electron chi connectivity index (χ4n) is 3.11. The van der Waals surface area contributed by atoms with E-state index in [0.29, 0.717) is 11.0 Å². The van der Waals surface area contributed by atoms with Crippen LogP contribution in [0.3, 0.4) is 0 Å². The Labute approximate surface area is 155 Å². The normalized spacial score (nSPS) is 16.7. The van der Waals surface area contributed by atoms with Crippen molar-refractivity contribution < 1.29 is 4.79 Å². The zero-order chi connectivity index (χ0) is 18.8. The summed E-state index contributed by atoms with van der Waals surface area (Å²) in [6, 6.07) is 0. The Kier molecular flexibility index (Phi) is 5.22. The van der Waals surface area contributed by atoms with Gasteiger partial charge in [0.1, 0.15) is 0 Å². The molecule has 0 spiro atoms. The van der Waals surface area contributed by atoms with Gasteiger partial charge in [0.15, 0.2) is 5.13 Å². The van der Waals surface area contributed by atoms with E-state index in [4.69, 9.17) is 0 Å². The van der Waals surface area contributed by atoms with Gasteiger partial charge in [-0.3, -0.25) is 19.5 Å². The number of hydrogen-bond donors (Lipinski definition) is 1. The second-order valence-corrected chi connectivity index (χ2v) is 7.65. The second-order valence-electron chi connectivity index (χ2n) is 6.57. The van der Waals surface area contributed by atoms with Crippen molar-refractivity contribution in [2.45, 2.75) is 32.6 Å². The van der Waals surface area contributed by atoms with Crippen molar-refractivity contribution in [2.75, 3.05) is 5.32 Å². The minimum absolute atomic E-state index is 0.272. The van der Waals surface area contributed by atoms with E-state index >= 15 is 0 Å². The van der Waals surface area contributed by atoms with Gasteiger partial charge in [-0.15, -0.1) is 11.3 Å². The Morgan fingerprint density at radius 1 is 1.42 bits per heavy atom. The standard InChI is InChI=1S/C18H22N4O3S/c1-4-11-5-7-13-14(9-11)26-17(19-13)20-15(23)8-6-12-10-21(2)18(25)22(3)16(12)24/h6,8,10-11H,4-5,7,9H2,1-3H3,(H,19,20,23). The second kappa shape index (κ2) is 7.41. The molecule has 0 radical (unpaired) electrons. The molecule has 1 unspecified atom stereocenters. The molecular weight excluding hydrogens is 352 g/mol. The van der Waals surface area contributed by atoms with E-state index in [1.54, 1.807) is 7.05 Å². The first-order valence-corrected chi connectivity index (χ1v) is 9.45. The molecule has 2 aromatic heterocycles. The van der Waals surface area contributed by atoms with Crippen molar-refractivity contribution in [3.63, 3.8) is 0 Å². The smallest absolute Gasteiger partial charge is 0.303 e. The van der Waals surface area contributed by atoms with Gasteiger partial charge in [-0.05, 0) is 31.3 Å². The van der Waals surface area contributed by atoms with Crippen LogP contribution in [0.2, 0.25) is 0 Å². The van der Waals surface area contributed by atoms with Crippen LogP contribution in [0, 0.1) is 5.92 Å². The minimum atomic E-state index is -0.438. The monoisotopic (exact) mass is 374 g/mol. The van der Waals surface area contributed by atoms with Crippen LogP contribution in [-0.4, -0.2) is 20.0 Å². The molecule has 1 N–H and O–H groups in total. The Balaban J connectivity index is 1.72. The molecule has 0 saturated heterocycles. The van der Waals surface area contributed by atoms with Crippen molar-refractivity contribution in [3.05, 3.63) is 49.2 Å². The SMILES string of the molecule is CCC1CCc2nc(NC(=O)C=Cc3cn(C)c(=O)n(C)c3=O)sc2C1. The summed E-state index contributed by atoms with van der Waals surface area (Å²) in [5.41, 5.74) is 0.516. The molecule has 1 aliphatic carbocycles. The number of carbonyl (C=O) groups excluding carboxylic acids is 1. The lowest BCUT2D eigenvalue weighted by Crippen LogP contribution is -2.37. The van der Waals surface area contributed by atoms with E-state index in [-0.39, 0.29) is 11.5 Å². The minimum Gasteiger partial charge on any atom is -0.303 e. The lowest BCUT2D eigenvalue weighted by atomic mass is 9.89. The van der Waals surface area contributed by atoms with Crippen molar-refractivity contribution in [3.8, 4) is 0 Å². The van der Waals surface area contributed by atoms with Gasteiger partial charge in [-0.2, -0.15) is 0 Å². The maximum Gasteiger partial charge on any atom is 0.330 e. The zero-order valence-corrected chi connectivity index (χ0v) is 15.9. The number of thiazole rings is 1. The first-order chi connectivity index (χ1) is 12.4. The van der Waals surface area contributed by atoms with Gasteiger partial charge in [0.2, 0.25) is 5.91 Å². The molecule has 1 atom stereocenters. The third-order valence-corrected chi connectivity index (χ3v) is 5.77. The summed E-state index contributed by atoms with van der Waals surface area (Å²) in [5.74, 6) is 0.353. The van der Waals surface area contributed by atoms with Crippen LogP contribution in [-0.2, 0) is 31.7 Å². The van der Waals surface area contributed by atoms with Crippen LogP contribution >= 0.6 is 11.3 Å². The third kappa shape index (κ3) is 3.70. The number of anilines is 1. The number of rotatable bonds is 4.